The molecule has 1 amide bonds. The predicted molar refractivity (Wildman–Crippen MR) is 103 cm³/mol. The molecule has 9 nitrogen and oxygen atoms in total. The minimum Gasteiger partial charge on any atom is -0.452 e. The second-order valence-electron chi connectivity index (χ2n) is 6.60. The highest BCUT2D eigenvalue weighted by molar-refractivity contribution is 5.95. The van der Waals surface area contributed by atoms with E-state index in [0.29, 0.717) is 22.3 Å². The number of rotatable bonds is 6. The second-order valence-corrected chi connectivity index (χ2v) is 6.60. The first-order chi connectivity index (χ1) is 13.4. The van der Waals surface area contributed by atoms with E-state index in [1.165, 1.54) is 6.92 Å². The summed E-state index contributed by atoms with van der Waals surface area (Å²) in [4.78, 5) is 36.4. The fourth-order valence-corrected chi connectivity index (χ4v) is 2.79. The molecule has 0 aliphatic heterocycles. The van der Waals surface area contributed by atoms with E-state index in [0.717, 1.165) is 0 Å². The van der Waals surface area contributed by atoms with Gasteiger partial charge in [-0.05, 0) is 26.8 Å². The van der Waals surface area contributed by atoms with E-state index in [1.54, 1.807) is 41.2 Å². The van der Waals surface area contributed by atoms with Crippen molar-refractivity contribution in [3.63, 3.8) is 0 Å². The number of carbonyl (C=O) groups is 2. The van der Waals surface area contributed by atoms with Crippen molar-refractivity contribution < 1.29 is 14.3 Å². The molecule has 0 aliphatic rings. The van der Waals surface area contributed by atoms with Crippen LogP contribution in [0, 0.1) is 0 Å². The lowest BCUT2D eigenvalue weighted by Gasteiger charge is -2.15. The Morgan fingerprint density at radius 1 is 1.18 bits per heavy atom. The lowest BCUT2D eigenvalue weighted by Crippen LogP contribution is -2.31. The number of hydrogen-bond acceptors (Lipinski definition) is 6. The van der Waals surface area contributed by atoms with Crippen LogP contribution in [0.2, 0.25) is 0 Å². The Hall–Kier alpha value is -3.49. The van der Waals surface area contributed by atoms with Crippen LogP contribution in [0.4, 0.5) is 5.82 Å². The highest BCUT2D eigenvalue weighted by Gasteiger charge is 2.21. The topological polar surface area (TPSA) is 119 Å². The van der Waals surface area contributed by atoms with Gasteiger partial charge in [0.2, 0.25) is 0 Å². The van der Waals surface area contributed by atoms with Gasteiger partial charge in [-0.25, -0.2) is 9.78 Å². The average Bonchev–Trinajstić information content (AvgIpc) is 3.12. The predicted octanol–water partition coefficient (Wildman–Crippen LogP) is 1.81. The monoisotopic (exact) mass is 383 g/mol. The molecule has 1 atom stereocenters. The van der Waals surface area contributed by atoms with Crippen molar-refractivity contribution in [2.75, 3.05) is 5.32 Å². The molecule has 9 heteroatoms. The van der Waals surface area contributed by atoms with Crippen LogP contribution in [-0.2, 0) is 20.7 Å². The highest BCUT2D eigenvalue weighted by atomic mass is 16.5. The molecule has 1 aromatic carbocycles. The van der Waals surface area contributed by atoms with Gasteiger partial charge in [0.15, 0.2) is 6.10 Å². The summed E-state index contributed by atoms with van der Waals surface area (Å²) in [5, 5.41) is 14.2. The van der Waals surface area contributed by atoms with Crippen molar-refractivity contribution in [1.29, 1.82) is 0 Å². The molecule has 2 N–H and O–H groups in total. The van der Waals surface area contributed by atoms with E-state index in [2.05, 4.69) is 20.6 Å². The van der Waals surface area contributed by atoms with Crippen LogP contribution < -0.4 is 10.9 Å². The first kappa shape index (κ1) is 19.3. The molecule has 0 fully saturated rings. The Balaban J connectivity index is 1.66. The molecule has 2 aromatic heterocycles. The summed E-state index contributed by atoms with van der Waals surface area (Å²) in [5.41, 5.74) is 0.0490. The van der Waals surface area contributed by atoms with Crippen LogP contribution in [0.5, 0.6) is 0 Å². The SMILES string of the molecule is CC(OC(=O)Cc1n[nH]c(=O)c2ccccc12)C(=O)Nc1ccnn1C(C)C. The van der Waals surface area contributed by atoms with Gasteiger partial charge in [-0.15, -0.1) is 0 Å². The molecule has 3 rings (SSSR count). The van der Waals surface area contributed by atoms with Crippen molar-refractivity contribution >= 4 is 28.5 Å². The summed E-state index contributed by atoms with van der Waals surface area (Å²) in [6.07, 6.45) is 0.412. The van der Waals surface area contributed by atoms with E-state index in [-0.39, 0.29) is 18.0 Å². The smallest absolute Gasteiger partial charge is 0.312 e. The fourth-order valence-electron chi connectivity index (χ4n) is 2.79. The first-order valence-corrected chi connectivity index (χ1v) is 8.87. The van der Waals surface area contributed by atoms with Crippen molar-refractivity contribution in [3.8, 4) is 0 Å². The summed E-state index contributed by atoms with van der Waals surface area (Å²) in [7, 11) is 0. The number of nitrogens with zero attached hydrogens (tertiary/aromatic N) is 3. The number of fused-ring (bicyclic) bond motifs is 1. The Bertz CT molecular complexity index is 1070. The van der Waals surface area contributed by atoms with E-state index in [9.17, 15) is 14.4 Å². The van der Waals surface area contributed by atoms with Crippen molar-refractivity contribution in [2.45, 2.75) is 39.3 Å². The molecular weight excluding hydrogens is 362 g/mol. The number of H-pyrrole nitrogens is 1. The zero-order chi connectivity index (χ0) is 20.3. The lowest BCUT2D eigenvalue weighted by molar-refractivity contribution is -0.152. The van der Waals surface area contributed by atoms with E-state index in [1.807, 2.05) is 13.8 Å². The molecule has 0 bridgehead atoms. The third kappa shape index (κ3) is 4.08. The van der Waals surface area contributed by atoms with Gasteiger partial charge in [0, 0.05) is 17.5 Å². The number of anilines is 1. The molecule has 28 heavy (non-hydrogen) atoms. The zero-order valence-electron chi connectivity index (χ0n) is 15.8. The second kappa shape index (κ2) is 8.03. The number of hydrogen-bond donors (Lipinski definition) is 2. The largest absolute Gasteiger partial charge is 0.452 e. The lowest BCUT2D eigenvalue weighted by atomic mass is 10.1. The van der Waals surface area contributed by atoms with Crippen molar-refractivity contribution in [3.05, 3.63) is 52.6 Å². The molecule has 0 aliphatic carbocycles. The van der Waals surface area contributed by atoms with Gasteiger partial charge in [0.05, 0.1) is 23.7 Å². The van der Waals surface area contributed by atoms with Gasteiger partial charge in [-0.2, -0.15) is 10.2 Å². The first-order valence-electron chi connectivity index (χ1n) is 8.87. The maximum absolute atomic E-state index is 12.3. The van der Waals surface area contributed by atoms with E-state index in [4.69, 9.17) is 4.74 Å². The summed E-state index contributed by atoms with van der Waals surface area (Å²) >= 11 is 0. The average molecular weight is 383 g/mol. The molecule has 0 saturated heterocycles. The van der Waals surface area contributed by atoms with E-state index >= 15 is 0 Å². The Labute approximate surface area is 160 Å². The number of aromatic amines is 1. The maximum atomic E-state index is 12.3. The summed E-state index contributed by atoms with van der Waals surface area (Å²) < 4.78 is 6.89. The summed E-state index contributed by atoms with van der Waals surface area (Å²) in [5.74, 6) is -0.559. The van der Waals surface area contributed by atoms with Gasteiger partial charge >= 0.3 is 5.97 Å². The summed E-state index contributed by atoms with van der Waals surface area (Å²) in [6, 6.07) is 8.59. The van der Waals surface area contributed by atoms with Gasteiger partial charge in [0.1, 0.15) is 5.82 Å². The van der Waals surface area contributed by atoms with Gasteiger partial charge < -0.3 is 10.1 Å². The minimum atomic E-state index is -1.00. The zero-order valence-corrected chi connectivity index (χ0v) is 15.8. The molecule has 1 unspecified atom stereocenters. The van der Waals surface area contributed by atoms with Crippen LogP contribution in [0.1, 0.15) is 32.5 Å². The Morgan fingerprint density at radius 2 is 1.89 bits per heavy atom. The molecule has 0 radical (unpaired) electrons. The number of benzene rings is 1. The van der Waals surface area contributed by atoms with Gasteiger partial charge in [-0.3, -0.25) is 14.4 Å². The summed E-state index contributed by atoms with van der Waals surface area (Å²) in [6.45, 7) is 5.36. The van der Waals surface area contributed by atoms with Gasteiger partial charge in [-0.1, -0.05) is 18.2 Å². The minimum absolute atomic E-state index is 0.0720. The van der Waals surface area contributed by atoms with Crippen molar-refractivity contribution in [2.24, 2.45) is 0 Å². The fraction of sp³-hybridized carbons (Fsp3) is 0.316. The van der Waals surface area contributed by atoms with Gasteiger partial charge in [0.25, 0.3) is 11.5 Å². The molecule has 2 heterocycles. The number of carbonyl (C=O) groups excluding carboxylic acids is 2. The van der Waals surface area contributed by atoms with Crippen LogP contribution in [0.3, 0.4) is 0 Å². The number of ether oxygens (including phenoxy) is 1. The number of nitrogens with one attached hydrogen (secondary N) is 2. The number of esters is 1. The maximum Gasteiger partial charge on any atom is 0.312 e. The molecule has 0 saturated carbocycles. The Morgan fingerprint density at radius 3 is 2.61 bits per heavy atom. The van der Waals surface area contributed by atoms with Crippen LogP contribution in [-0.4, -0.2) is 38.0 Å². The Kier molecular flexibility index (Phi) is 5.53. The number of amides is 1. The quantitative estimate of drug-likeness (QED) is 0.627. The molecule has 3 aromatic rings. The molecule has 0 spiro atoms. The standard InChI is InChI=1S/C19H21N5O4/c1-11(2)24-16(8-9-20-24)21-18(26)12(3)28-17(25)10-15-13-6-4-5-7-14(13)19(27)23-22-15/h4-9,11-12H,10H2,1-3H3,(H,21,26)(H,23,27). The normalized spacial score (nSPS) is 12.1. The molecular formula is C19H21N5O4. The van der Waals surface area contributed by atoms with E-state index < -0.39 is 18.0 Å². The molecule has 146 valence electrons. The van der Waals surface area contributed by atoms with Crippen LogP contribution >= 0.6 is 0 Å². The number of aromatic nitrogens is 4. The third-order valence-corrected chi connectivity index (χ3v) is 4.17. The third-order valence-electron chi connectivity index (χ3n) is 4.17. The van der Waals surface area contributed by atoms with Crippen LogP contribution in [0.15, 0.2) is 41.3 Å². The highest BCUT2D eigenvalue weighted by Crippen LogP contribution is 2.15. The van der Waals surface area contributed by atoms with Crippen molar-refractivity contribution in [1.82, 2.24) is 20.0 Å². The van der Waals surface area contributed by atoms with Crippen LogP contribution in [0.25, 0.3) is 10.8 Å².